The predicted octanol–water partition coefficient (Wildman–Crippen LogP) is 2.24. The second-order valence-electron chi connectivity index (χ2n) is 5.11. The molecule has 110 valence electrons. The molecule has 0 atom stereocenters. The minimum atomic E-state index is -3.33. The smallest absolute Gasteiger partial charge is 0.216 e. The van der Waals surface area contributed by atoms with Crippen LogP contribution in [0.15, 0.2) is 48.5 Å². The number of nitrogens with one attached hydrogen (secondary N) is 1. The molecule has 1 N–H and O–H groups in total. The first-order valence-corrected chi connectivity index (χ1v) is 8.53. The monoisotopic (exact) mass is 303 g/mol. The average molecular weight is 303 g/mol. The Morgan fingerprint density at radius 3 is 2.67 bits per heavy atom. The normalized spacial score (nSPS) is 13.7. The van der Waals surface area contributed by atoms with E-state index in [1.165, 1.54) is 0 Å². The summed E-state index contributed by atoms with van der Waals surface area (Å²) >= 11 is 0. The first-order chi connectivity index (χ1) is 10.1. The van der Waals surface area contributed by atoms with Crippen LogP contribution in [0.4, 0.5) is 0 Å². The van der Waals surface area contributed by atoms with Crippen LogP contribution >= 0.6 is 0 Å². The molecule has 0 saturated carbocycles. The van der Waals surface area contributed by atoms with Crippen molar-refractivity contribution in [1.29, 1.82) is 0 Å². The number of ether oxygens (including phenoxy) is 1. The summed E-state index contributed by atoms with van der Waals surface area (Å²) in [7, 11) is -3.33. The Balaban J connectivity index is 1.64. The maximum absolute atomic E-state index is 12.1. The highest BCUT2D eigenvalue weighted by Crippen LogP contribution is 2.25. The molecule has 0 bridgehead atoms. The largest absolute Gasteiger partial charge is 0.493 e. The van der Waals surface area contributed by atoms with Gasteiger partial charge in [-0.3, -0.25) is 0 Å². The van der Waals surface area contributed by atoms with Gasteiger partial charge in [-0.25, -0.2) is 13.1 Å². The Bertz CT molecular complexity index is 726. The zero-order chi connectivity index (χ0) is 14.7. The lowest BCUT2D eigenvalue weighted by Crippen LogP contribution is -2.24. The molecule has 3 rings (SSSR count). The summed E-state index contributed by atoms with van der Waals surface area (Å²) in [6.45, 7) is 1.01. The van der Waals surface area contributed by atoms with Gasteiger partial charge in [-0.05, 0) is 22.8 Å². The average Bonchev–Trinajstić information content (AvgIpc) is 2.93. The van der Waals surface area contributed by atoms with E-state index < -0.39 is 10.0 Å². The lowest BCUT2D eigenvalue weighted by atomic mass is 10.1. The number of sulfonamides is 1. The molecule has 21 heavy (non-hydrogen) atoms. The second-order valence-corrected chi connectivity index (χ2v) is 6.91. The van der Waals surface area contributed by atoms with Crippen molar-refractivity contribution in [2.24, 2.45) is 0 Å². The Morgan fingerprint density at radius 1 is 1.05 bits per heavy atom. The highest BCUT2D eigenvalue weighted by molar-refractivity contribution is 7.88. The van der Waals surface area contributed by atoms with Crippen molar-refractivity contribution >= 4 is 10.0 Å². The van der Waals surface area contributed by atoms with Crippen molar-refractivity contribution in [3.8, 4) is 5.75 Å². The molecule has 0 aromatic heterocycles. The van der Waals surface area contributed by atoms with E-state index in [1.807, 2.05) is 48.5 Å². The summed E-state index contributed by atoms with van der Waals surface area (Å²) in [5, 5.41) is 0. The molecule has 0 amide bonds. The zero-order valence-electron chi connectivity index (χ0n) is 11.6. The van der Waals surface area contributed by atoms with Crippen molar-refractivity contribution in [3.05, 3.63) is 65.2 Å². The van der Waals surface area contributed by atoms with Crippen LogP contribution < -0.4 is 9.46 Å². The summed E-state index contributed by atoms with van der Waals surface area (Å²) in [6.07, 6.45) is 0.889. The number of hydrogen-bond donors (Lipinski definition) is 1. The van der Waals surface area contributed by atoms with E-state index >= 15 is 0 Å². The predicted molar refractivity (Wildman–Crippen MR) is 81.5 cm³/mol. The lowest BCUT2D eigenvalue weighted by Gasteiger charge is -2.08. The molecular formula is C16H17NO3S. The Hall–Kier alpha value is -1.85. The third-order valence-electron chi connectivity index (χ3n) is 3.45. The van der Waals surface area contributed by atoms with Gasteiger partial charge in [0.25, 0.3) is 0 Å². The van der Waals surface area contributed by atoms with Crippen molar-refractivity contribution in [1.82, 2.24) is 4.72 Å². The third-order valence-corrected chi connectivity index (χ3v) is 4.75. The molecule has 1 aliphatic rings. The molecule has 1 aliphatic heterocycles. The van der Waals surface area contributed by atoms with E-state index in [9.17, 15) is 8.42 Å². The maximum atomic E-state index is 12.1. The van der Waals surface area contributed by atoms with Gasteiger partial charge in [-0.1, -0.05) is 42.5 Å². The van der Waals surface area contributed by atoms with Gasteiger partial charge in [0, 0.05) is 13.0 Å². The number of hydrogen-bond acceptors (Lipinski definition) is 3. The standard InChI is InChI=1S/C16H17NO3S/c18-21(19,12-13-4-2-1-3-5-13)17-11-14-6-7-16-15(10-14)8-9-20-16/h1-7,10,17H,8-9,11-12H2. The van der Waals surface area contributed by atoms with Gasteiger partial charge in [0.1, 0.15) is 5.75 Å². The van der Waals surface area contributed by atoms with E-state index in [0.717, 1.165) is 28.9 Å². The fraction of sp³-hybridized carbons (Fsp3) is 0.250. The third kappa shape index (κ3) is 3.62. The van der Waals surface area contributed by atoms with E-state index in [0.29, 0.717) is 13.2 Å². The van der Waals surface area contributed by atoms with Crippen LogP contribution in [0.3, 0.4) is 0 Å². The molecule has 4 nitrogen and oxygen atoms in total. The number of benzene rings is 2. The SMILES string of the molecule is O=S(=O)(Cc1ccccc1)NCc1ccc2c(c1)CCO2. The minimum absolute atomic E-state index is 0.00188. The van der Waals surface area contributed by atoms with Crippen molar-refractivity contribution in [2.45, 2.75) is 18.7 Å². The lowest BCUT2D eigenvalue weighted by molar-refractivity contribution is 0.357. The fourth-order valence-corrected chi connectivity index (χ4v) is 3.51. The van der Waals surface area contributed by atoms with Crippen LogP contribution in [0.2, 0.25) is 0 Å². The molecule has 0 saturated heterocycles. The topological polar surface area (TPSA) is 55.4 Å². The second kappa shape index (κ2) is 5.87. The van der Waals surface area contributed by atoms with Crippen LogP contribution in [-0.2, 0) is 28.7 Å². The molecular weight excluding hydrogens is 286 g/mol. The van der Waals surface area contributed by atoms with Crippen LogP contribution in [-0.4, -0.2) is 15.0 Å². The number of fused-ring (bicyclic) bond motifs is 1. The molecule has 0 radical (unpaired) electrons. The van der Waals surface area contributed by atoms with Gasteiger partial charge >= 0.3 is 0 Å². The Morgan fingerprint density at radius 2 is 1.86 bits per heavy atom. The fourth-order valence-electron chi connectivity index (χ4n) is 2.39. The van der Waals surface area contributed by atoms with E-state index in [2.05, 4.69) is 4.72 Å². The first-order valence-electron chi connectivity index (χ1n) is 6.88. The van der Waals surface area contributed by atoms with Crippen molar-refractivity contribution in [2.75, 3.05) is 6.61 Å². The van der Waals surface area contributed by atoms with Crippen LogP contribution in [0.5, 0.6) is 5.75 Å². The highest BCUT2D eigenvalue weighted by Gasteiger charge is 2.14. The molecule has 0 fully saturated rings. The highest BCUT2D eigenvalue weighted by atomic mass is 32.2. The van der Waals surface area contributed by atoms with Crippen molar-refractivity contribution < 1.29 is 13.2 Å². The molecule has 1 heterocycles. The summed E-state index contributed by atoms with van der Waals surface area (Å²) in [6, 6.07) is 15.0. The van der Waals surface area contributed by atoms with E-state index in [1.54, 1.807) is 0 Å². The summed E-state index contributed by atoms with van der Waals surface area (Å²) < 4.78 is 32.2. The minimum Gasteiger partial charge on any atom is -0.493 e. The van der Waals surface area contributed by atoms with Crippen molar-refractivity contribution in [3.63, 3.8) is 0 Å². The van der Waals surface area contributed by atoms with Gasteiger partial charge in [0.2, 0.25) is 10.0 Å². The van der Waals surface area contributed by atoms with Gasteiger partial charge in [0.15, 0.2) is 0 Å². The van der Waals surface area contributed by atoms with Gasteiger partial charge < -0.3 is 4.74 Å². The van der Waals surface area contributed by atoms with Gasteiger partial charge in [0.05, 0.1) is 12.4 Å². The van der Waals surface area contributed by atoms with Gasteiger partial charge in [-0.15, -0.1) is 0 Å². The zero-order valence-corrected chi connectivity index (χ0v) is 12.4. The van der Waals surface area contributed by atoms with Gasteiger partial charge in [-0.2, -0.15) is 0 Å². The first kappa shape index (κ1) is 14.1. The van der Waals surface area contributed by atoms with E-state index in [4.69, 9.17) is 4.74 Å². The number of rotatable bonds is 5. The quantitative estimate of drug-likeness (QED) is 0.921. The van der Waals surface area contributed by atoms with Crippen LogP contribution in [0, 0.1) is 0 Å². The summed E-state index contributed by atoms with van der Waals surface area (Å²) in [5.41, 5.74) is 2.89. The molecule has 0 aliphatic carbocycles. The summed E-state index contributed by atoms with van der Waals surface area (Å²) in [5.74, 6) is 0.910. The molecule has 2 aromatic rings. The summed E-state index contributed by atoms with van der Waals surface area (Å²) in [4.78, 5) is 0. The Labute approximate surface area is 124 Å². The van der Waals surface area contributed by atoms with Crippen LogP contribution in [0.1, 0.15) is 16.7 Å². The maximum Gasteiger partial charge on any atom is 0.216 e. The Kier molecular flexibility index (Phi) is 3.94. The molecule has 2 aromatic carbocycles. The molecule has 0 spiro atoms. The molecule has 5 heteroatoms. The molecule has 0 unspecified atom stereocenters. The van der Waals surface area contributed by atoms with Crippen LogP contribution in [0.25, 0.3) is 0 Å². The van der Waals surface area contributed by atoms with E-state index in [-0.39, 0.29) is 5.75 Å².